The van der Waals surface area contributed by atoms with Gasteiger partial charge in [0.15, 0.2) is 0 Å². The largest absolute Gasteiger partial charge is 0.496 e. The predicted octanol–water partition coefficient (Wildman–Crippen LogP) is 4.96. The quantitative estimate of drug-likeness (QED) is 0.439. The van der Waals surface area contributed by atoms with Crippen LogP contribution in [0.25, 0.3) is 10.9 Å². The van der Waals surface area contributed by atoms with Gasteiger partial charge in [-0.3, -0.25) is 9.58 Å². The number of fused-ring (bicyclic) bond motifs is 1. The Kier molecular flexibility index (Phi) is 5.64. The molecule has 1 aliphatic rings. The molecule has 3 heterocycles. The van der Waals surface area contributed by atoms with Crippen LogP contribution >= 0.6 is 0 Å². The number of carboxylic acid groups (broad SMARTS) is 1. The maximum atomic E-state index is 12.1. The van der Waals surface area contributed by atoms with Crippen molar-refractivity contribution >= 4 is 16.9 Å². The molecule has 0 saturated carbocycles. The first-order chi connectivity index (χ1) is 16.1. The summed E-state index contributed by atoms with van der Waals surface area (Å²) in [6.07, 6.45) is 7.48. The van der Waals surface area contributed by atoms with Crippen LogP contribution in [0.2, 0.25) is 0 Å². The fourth-order valence-corrected chi connectivity index (χ4v) is 5.21. The maximum absolute atomic E-state index is 12.1. The SMILES string of the molecule is COc1cc(C)c2[nH]ccc2c1CN1CC[C@@H](n2cccn2)C[C@@H]1c1ccccc1C(=O)O. The molecule has 33 heavy (non-hydrogen) atoms. The Balaban J connectivity index is 1.57. The molecule has 0 aliphatic carbocycles. The van der Waals surface area contributed by atoms with Crippen LogP contribution in [0.15, 0.2) is 61.1 Å². The van der Waals surface area contributed by atoms with E-state index in [-0.39, 0.29) is 12.1 Å². The molecule has 1 aliphatic heterocycles. The molecule has 1 saturated heterocycles. The number of H-pyrrole nitrogens is 1. The third kappa shape index (κ3) is 3.89. The number of carbonyl (C=O) groups is 1. The number of piperidine rings is 1. The summed E-state index contributed by atoms with van der Waals surface area (Å²) in [5, 5.41) is 15.5. The first-order valence-electron chi connectivity index (χ1n) is 11.3. The van der Waals surface area contributed by atoms with Crippen LogP contribution in [0.3, 0.4) is 0 Å². The molecule has 0 unspecified atom stereocenters. The smallest absolute Gasteiger partial charge is 0.336 e. The average molecular weight is 445 g/mol. The van der Waals surface area contributed by atoms with Gasteiger partial charge in [-0.15, -0.1) is 0 Å². The van der Waals surface area contributed by atoms with Crippen molar-refractivity contribution < 1.29 is 14.6 Å². The number of rotatable bonds is 6. The first-order valence-corrected chi connectivity index (χ1v) is 11.3. The monoisotopic (exact) mass is 444 g/mol. The highest BCUT2D eigenvalue weighted by Gasteiger charge is 2.33. The van der Waals surface area contributed by atoms with E-state index < -0.39 is 5.97 Å². The van der Waals surface area contributed by atoms with Crippen LogP contribution < -0.4 is 4.74 Å². The number of benzene rings is 2. The zero-order valence-corrected chi connectivity index (χ0v) is 18.9. The number of nitrogens with zero attached hydrogens (tertiary/aromatic N) is 3. The summed E-state index contributed by atoms with van der Waals surface area (Å²) in [6.45, 7) is 3.57. The Morgan fingerprint density at radius 3 is 2.88 bits per heavy atom. The number of carboxylic acids is 1. The predicted molar refractivity (Wildman–Crippen MR) is 127 cm³/mol. The number of aromatic carboxylic acids is 1. The second-order valence-electron chi connectivity index (χ2n) is 8.68. The molecule has 0 spiro atoms. The summed E-state index contributed by atoms with van der Waals surface area (Å²) in [4.78, 5) is 17.8. The van der Waals surface area contributed by atoms with E-state index in [0.29, 0.717) is 12.1 Å². The zero-order chi connectivity index (χ0) is 22.9. The van der Waals surface area contributed by atoms with Crippen molar-refractivity contribution in [1.82, 2.24) is 19.7 Å². The van der Waals surface area contributed by atoms with Gasteiger partial charge in [0.1, 0.15) is 5.75 Å². The molecule has 0 radical (unpaired) electrons. The first kappa shape index (κ1) is 21.3. The number of hydrogen-bond acceptors (Lipinski definition) is 4. The molecule has 0 bridgehead atoms. The molecule has 0 amide bonds. The fourth-order valence-electron chi connectivity index (χ4n) is 5.21. The van der Waals surface area contributed by atoms with E-state index in [1.165, 1.54) is 0 Å². The molecule has 2 atom stereocenters. The Morgan fingerprint density at radius 1 is 1.27 bits per heavy atom. The topological polar surface area (TPSA) is 83.4 Å². The average Bonchev–Trinajstić information content (AvgIpc) is 3.54. The Bertz CT molecular complexity index is 1280. The van der Waals surface area contributed by atoms with Gasteiger partial charge in [-0.1, -0.05) is 18.2 Å². The number of ether oxygens (including phenoxy) is 1. The molecule has 4 aromatic rings. The normalized spacial score (nSPS) is 19.1. The number of aromatic nitrogens is 3. The van der Waals surface area contributed by atoms with Crippen LogP contribution in [0.5, 0.6) is 5.75 Å². The lowest BCUT2D eigenvalue weighted by molar-refractivity contribution is 0.0682. The highest BCUT2D eigenvalue weighted by atomic mass is 16.5. The summed E-state index contributed by atoms with van der Waals surface area (Å²) >= 11 is 0. The van der Waals surface area contributed by atoms with Gasteiger partial charge in [0.05, 0.1) is 18.7 Å². The molecule has 2 aromatic carbocycles. The van der Waals surface area contributed by atoms with Crippen molar-refractivity contribution in [1.29, 1.82) is 0 Å². The van der Waals surface area contributed by atoms with Crippen LogP contribution in [0.4, 0.5) is 0 Å². The molecule has 170 valence electrons. The molecule has 5 rings (SSSR count). The number of nitrogens with one attached hydrogen (secondary N) is 1. The lowest BCUT2D eigenvalue weighted by Gasteiger charge is -2.40. The molecule has 7 nitrogen and oxygen atoms in total. The van der Waals surface area contributed by atoms with E-state index in [2.05, 4.69) is 34.0 Å². The minimum Gasteiger partial charge on any atom is -0.496 e. The van der Waals surface area contributed by atoms with Gasteiger partial charge < -0.3 is 14.8 Å². The van der Waals surface area contributed by atoms with Crippen molar-refractivity contribution in [3.63, 3.8) is 0 Å². The summed E-state index contributed by atoms with van der Waals surface area (Å²) in [5.41, 5.74) is 4.57. The zero-order valence-electron chi connectivity index (χ0n) is 18.9. The number of aryl methyl sites for hydroxylation is 1. The van der Waals surface area contributed by atoms with Crippen LogP contribution in [-0.2, 0) is 6.54 Å². The highest BCUT2D eigenvalue weighted by Crippen LogP contribution is 2.41. The van der Waals surface area contributed by atoms with Crippen LogP contribution in [-0.4, -0.2) is 44.4 Å². The third-order valence-electron chi connectivity index (χ3n) is 6.83. The molecular weight excluding hydrogens is 416 g/mol. The van der Waals surface area contributed by atoms with Crippen molar-refractivity contribution in [2.45, 2.75) is 38.4 Å². The van der Waals surface area contributed by atoms with Gasteiger partial charge in [0, 0.05) is 54.2 Å². The van der Waals surface area contributed by atoms with Gasteiger partial charge in [-0.2, -0.15) is 5.10 Å². The maximum Gasteiger partial charge on any atom is 0.336 e. The van der Waals surface area contributed by atoms with Crippen molar-refractivity contribution in [3.8, 4) is 5.75 Å². The van der Waals surface area contributed by atoms with Gasteiger partial charge in [0.2, 0.25) is 0 Å². The molecule has 7 heteroatoms. The van der Waals surface area contributed by atoms with Crippen LogP contribution in [0, 0.1) is 6.92 Å². The molecule has 2 aromatic heterocycles. The van der Waals surface area contributed by atoms with Gasteiger partial charge >= 0.3 is 5.97 Å². The summed E-state index contributed by atoms with van der Waals surface area (Å²) in [5.74, 6) is -0.0354. The van der Waals surface area contributed by atoms with E-state index in [9.17, 15) is 9.90 Å². The summed E-state index contributed by atoms with van der Waals surface area (Å²) in [7, 11) is 1.71. The Morgan fingerprint density at radius 2 is 2.12 bits per heavy atom. The van der Waals surface area contributed by atoms with E-state index in [1.807, 2.05) is 35.3 Å². The number of hydrogen-bond donors (Lipinski definition) is 2. The lowest BCUT2D eigenvalue weighted by Crippen LogP contribution is -2.38. The number of aromatic amines is 1. The van der Waals surface area contributed by atoms with Crippen molar-refractivity contribution in [2.24, 2.45) is 0 Å². The lowest BCUT2D eigenvalue weighted by atomic mass is 9.88. The van der Waals surface area contributed by atoms with E-state index in [0.717, 1.165) is 52.7 Å². The minimum atomic E-state index is -0.896. The third-order valence-corrected chi connectivity index (χ3v) is 6.83. The van der Waals surface area contributed by atoms with Gasteiger partial charge in [-0.05, 0) is 55.2 Å². The van der Waals surface area contributed by atoms with Crippen LogP contribution in [0.1, 0.15) is 52.0 Å². The fraction of sp³-hybridized carbons (Fsp3) is 0.308. The number of likely N-dealkylation sites (tertiary alicyclic amines) is 1. The standard InChI is InChI=1S/C26H28N4O3/c1-17-14-24(33-2)22(20-8-11-27-25(17)20)16-29-13-9-18(30-12-5-10-28-30)15-23(29)19-6-3-4-7-21(19)26(31)32/h3-8,10-12,14,18,23,27H,9,13,15-16H2,1-2H3,(H,31,32)/t18-,23-/m1/s1. The van der Waals surface area contributed by atoms with Gasteiger partial charge in [-0.25, -0.2) is 4.79 Å². The summed E-state index contributed by atoms with van der Waals surface area (Å²) in [6, 6.07) is 13.6. The Labute approximate surface area is 192 Å². The van der Waals surface area contributed by atoms with E-state index in [1.54, 1.807) is 25.4 Å². The second-order valence-corrected chi connectivity index (χ2v) is 8.68. The Hall–Kier alpha value is -3.58. The van der Waals surface area contributed by atoms with Crippen molar-refractivity contribution in [3.05, 3.63) is 83.3 Å². The molecular formula is C26H28N4O3. The second kappa shape index (κ2) is 8.75. The molecule has 1 fully saturated rings. The highest BCUT2D eigenvalue weighted by molar-refractivity contribution is 5.90. The van der Waals surface area contributed by atoms with Crippen molar-refractivity contribution in [2.75, 3.05) is 13.7 Å². The van der Waals surface area contributed by atoms with E-state index in [4.69, 9.17) is 4.74 Å². The number of methoxy groups -OCH3 is 1. The minimum absolute atomic E-state index is 0.0553. The van der Waals surface area contributed by atoms with E-state index >= 15 is 0 Å². The van der Waals surface area contributed by atoms with Gasteiger partial charge in [0.25, 0.3) is 0 Å². The summed E-state index contributed by atoms with van der Waals surface area (Å²) < 4.78 is 7.78. The molecule has 2 N–H and O–H groups in total.